The number of nitrogens with two attached hydrogens (primary N) is 1. The number of ether oxygens (including phenoxy) is 1. The molecule has 0 spiro atoms. The van der Waals surface area contributed by atoms with Crippen LogP contribution < -0.4 is 10.5 Å². The van der Waals surface area contributed by atoms with Crippen LogP contribution in [0.25, 0.3) is 0 Å². The van der Waals surface area contributed by atoms with Crippen LogP contribution in [0, 0.1) is 6.92 Å². The first-order valence-electron chi connectivity index (χ1n) is 5.55. The van der Waals surface area contributed by atoms with Gasteiger partial charge in [0.15, 0.2) is 5.75 Å². The lowest BCUT2D eigenvalue weighted by molar-refractivity contribution is -0.141. The highest BCUT2D eigenvalue weighted by Gasteiger charge is 2.32. The summed E-state index contributed by atoms with van der Waals surface area (Å²) in [4.78, 5) is 3.43. The van der Waals surface area contributed by atoms with E-state index in [9.17, 15) is 13.2 Å². The van der Waals surface area contributed by atoms with Gasteiger partial charge in [-0.25, -0.2) is 4.98 Å². The Morgan fingerprint density at radius 1 is 1.25 bits per heavy atom. The molecule has 0 fully saturated rings. The minimum Gasteiger partial charge on any atom is -0.437 e. The molecule has 0 aliphatic carbocycles. The van der Waals surface area contributed by atoms with Crippen molar-refractivity contribution in [1.29, 1.82) is 0 Å². The molecule has 0 saturated heterocycles. The second-order valence-electron chi connectivity index (χ2n) is 4.10. The van der Waals surface area contributed by atoms with E-state index in [1.807, 2.05) is 0 Å². The minimum atomic E-state index is -4.51. The van der Waals surface area contributed by atoms with E-state index < -0.39 is 11.9 Å². The number of halogens is 4. The molecule has 0 amide bonds. The van der Waals surface area contributed by atoms with Crippen molar-refractivity contribution >= 4 is 21.6 Å². The van der Waals surface area contributed by atoms with Gasteiger partial charge in [-0.3, -0.25) is 0 Å². The minimum absolute atomic E-state index is 0.156. The van der Waals surface area contributed by atoms with Gasteiger partial charge in [-0.2, -0.15) is 13.2 Å². The SMILES string of the molecule is Cc1cc(Br)cc(N)c1Oc1cccc(C(F)(F)F)n1. The van der Waals surface area contributed by atoms with E-state index in [-0.39, 0.29) is 5.88 Å². The van der Waals surface area contributed by atoms with Crippen LogP contribution in [0.5, 0.6) is 11.6 Å². The van der Waals surface area contributed by atoms with Gasteiger partial charge in [-0.05, 0) is 30.7 Å². The van der Waals surface area contributed by atoms with Gasteiger partial charge in [-0.1, -0.05) is 22.0 Å². The molecule has 0 saturated carbocycles. The van der Waals surface area contributed by atoms with Crippen LogP contribution in [0.15, 0.2) is 34.8 Å². The smallest absolute Gasteiger partial charge is 0.433 e. The predicted octanol–water partition coefficient (Wildman–Crippen LogP) is 4.55. The normalized spacial score (nSPS) is 11.4. The van der Waals surface area contributed by atoms with Crippen LogP contribution in [-0.2, 0) is 6.18 Å². The number of anilines is 1. The number of rotatable bonds is 2. The standard InChI is InChI=1S/C13H10BrF3N2O/c1-7-5-8(14)6-9(18)12(7)20-11-4-2-3-10(19-11)13(15,16)17/h2-6H,18H2,1H3. The summed E-state index contributed by atoms with van der Waals surface area (Å²) in [6.45, 7) is 1.74. The maximum Gasteiger partial charge on any atom is 0.433 e. The summed E-state index contributed by atoms with van der Waals surface area (Å²) in [5.41, 5.74) is 5.78. The Morgan fingerprint density at radius 2 is 1.95 bits per heavy atom. The van der Waals surface area contributed by atoms with Gasteiger partial charge in [-0.15, -0.1) is 0 Å². The fourth-order valence-electron chi connectivity index (χ4n) is 1.63. The molecule has 0 radical (unpaired) electrons. The summed E-state index contributed by atoms with van der Waals surface area (Å²) in [5, 5.41) is 0. The van der Waals surface area contributed by atoms with Crippen LogP contribution in [-0.4, -0.2) is 4.98 Å². The third kappa shape index (κ3) is 3.22. The highest BCUT2D eigenvalue weighted by molar-refractivity contribution is 9.10. The Labute approximate surface area is 121 Å². The Kier molecular flexibility index (Phi) is 3.89. The lowest BCUT2D eigenvalue weighted by Gasteiger charge is -2.12. The molecule has 1 heterocycles. The molecule has 0 aliphatic rings. The zero-order chi connectivity index (χ0) is 14.9. The number of pyridine rings is 1. The average Bonchev–Trinajstić information content (AvgIpc) is 2.33. The number of nitrogen functional groups attached to an aromatic ring is 1. The lowest BCUT2D eigenvalue weighted by Crippen LogP contribution is -2.08. The van der Waals surface area contributed by atoms with Crippen LogP contribution >= 0.6 is 15.9 Å². The number of aromatic nitrogens is 1. The molecule has 0 atom stereocenters. The predicted molar refractivity (Wildman–Crippen MR) is 72.6 cm³/mol. The summed E-state index contributed by atoms with van der Waals surface area (Å²) >= 11 is 3.27. The van der Waals surface area contributed by atoms with E-state index in [1.165, 1.54) is 12.1 Å². The Morgan fingerprint density at radius 3 is 2.55 bits per heavy atom. The number of aryl methyl sites for hydroxylation is 1. The summed E-state index contributed by atoms with van der Waals surface area (Å²) in [5.74, 6) is 0.136. The lowest BCUT2D eigenvalue weighted by atomic mass is 10.2. The number of alkyl halides is 3. The highest BCUT2D eigenvalue weighted by Crippen LogP contribution is 2.34. The van der Waals surface area contributed by atoms with Crippen molar-refractivity contribution in [3.8, 4) is 11.6 Å². The summed E-state index contributed by atoms with van der Waals surface area (Å²) in [6.07, 6.45) is -4.51. The summed E-state index contributed by atoms with van der Waals surface area (Å²) < 4.78 is 43.8. The van der Waals surface area contributed by atoms with Crippen LogP contribution in [0.2, 0.25) is 0 Å². The largest absolute Gasteiger partial charge is 0.437 e. The summed E-state index contributed by atoms with van der Waals surface area (Å²) in [6, 6.07) is 6.81. The van der Waals surface area contributed by atoms with Crippen molar-refractivity contribution in [3.63, 3.8) is 0 Å². The van der Waals surface area contributed by atoms with Crippen molar-refractivity contribution in [2.75, 3.05) is 5.73 Å². The fourth-order valence-corrected chi connectivity index (χ4v) is 2.22. The Balaban J connectivity index is 2.36. The first-order chi connectivity index (χ1) is 9.27. The first-order valence-corrected chi connectivity index (χ1v) is 6.34. The van der Waals surface area contributed by atoms with Gasteiger partial charge >= 0.3 is 6.18 Å². The van der Waals surface area contributed by atoms with Gasteiger partial charge in [0.25, 0.3) is 0 Å². The molecular weight excluding hydrogens is 337 g/mol. The maximum absolute atomic E-state index is 12.6. The molecule has 2 N–H and O–H groups in total. The Bertz CT molecular complexity index is 621. The second-order valence-corrected chi connectivity index (χ2v) is 5.02. The number of nitrogens with zero attached hydrogens (tertiary/aromatic N) is 1. The monoisotopic (exact) mass is 346 g/mol. The van der Waals surface area contributed by atoms with Crippen LogP contribution in [0.3, 0.4) is 0 Å². The first kappa shape index (κ1) is 14.6. The molecule has 2 rings (SSSR count). The van der Waals surface area contributed by atoms with Crippen LogP contribution in [0.4, 0.5) is 18.9 Å². The van der Waals surface area contributed by atoms with Crippen molar-refractivity contribution in [2.24, 2.45) is 0 Å². The fraction of sp³-hybridized carbons (Fsp3) is 0.154. The van der Waals surface area contributed by atoms with Gasteiger partial charge in [0.2, 0.25) is 5.88 Å². The molecule has 106 valence electrons. The zero-order valence-corrected chi connectivity index (χ0v) is 11.9. The molecular formula is C13H10BrF3N2O. The Hall–Kier alpha value is -1.76. The van der Waals surface area contributed by atoms with E-state index in [1.54, 1.807) is 19.1 Å². The van der Waals surface area contributed by atoms with E-state index in [4.69, 9.17) is 10.5 Å². The molecule has 0 aliphatic heterocycles. The maximum atomic E-state index is 12.6. The quantitative estimate of drug-likeness (QED) is 0.811. The molecule has 0 unspecified atom stereocenters. The van der Waals surface area contributed by atoms with E-state index in [0.29, 0.717) is 17.0 Å². The van der Waals surface area contributed by atoms with E-state index in [2.05, 4.69) is 20.9 Å². The second kappa shape index (κ2) is 5.32. The third-order valence-electron chi connectivity index (χ3n) is 2.49. The zero-order valence-electron chi connectivity index (χ0n) is 10.3. The van der Waals surface area contributed by atoms with Gasteiger partial charge in [0.1, 0.15) is 5.69 Å². The molecule has 7 heteroatoms. The van der Waals surface area contributed by atoms with E-state index in [0.717, 1.165) is 10.5 Å². The van der Waals surface area contributed by atoms with Crippen molar-refractivity contribution in [3.05, 3.63) is 46.1 Å². The molecule has 3 nitrogen and oxygen atoms in total. The van der Waals surface area contributed by atoms with Crippen molar-refractivity contribution in [2.45, 2.75) is 13.1 Å². The highest BCUT2D eigenvalue weighted by atomic mass is 79.9. The molecule has 20 heavy (non-hydrogen) atoms. The number of hydrogen-bond acceptors (Lipinski definition) is 3. The topological polar surface area (TPSA) is 48.1 Å². The van der Waals surface area contributed by atoms with Gasteiger partial charge in [0.05, 0.1) is 5.69 Å². The molecule has 1 aromatic heterocycles. The molecule has 1 aromatic carbocycles. The summed E-state index contributed by atoms with van der Waals surface area (Å²) in [7, 11) is 0. The van der Waals surface area contributed by atoms with Gasteiger partial charge < -0.3 is 10.5 Å². The van der Waals surface area contributed by atoms with Crippen LogP contribution in [0.1, 0.15) is 11.3 Å². The van der Waals surface area contributed by atoms with E-state index >= 15 is 0 Å². The molecule has 2 aromatic rings. The van der Waals surface area contributed by atoms with Crippen molar-refractivity contribution < 1.29 is 17.9 Å². The molecule has 0 bridgehead atoms. The third-order valence-corrected chi connectivity index (χ3v) is 2.95. The van der Waals surface area contributed by atoms with Crippen molar-refractivity contribution in [1.82, 2.24) is 4.98 Å². The van der Waals surface area contributed by atoms with Gasteiger partial charge in [0, 0.05) is 10.5 Å². The average molecular weight is 347 g/mol. The number of hydrogen-bond donors (Lipinski definition) is 1. The number of benzene rings is 1.